The third-order valence-corrected chi connectivity index (χ3v) is 1.55. The van der Waals surface area contributed by atoms with Gasteiger partial charge >= 0.3 is 0 Å². The molecule has 1 rings (SSSR count). The number of aromatic nitrogens is 2. The minimum atomic E-state index is 0.438. The van der Waals surface area contributed by atoms with Crippen molar-refractivity contribution in [1.82, 2.24) is 15.3 Å². The molecule has 72 valence electrons. The molecule has 5 nitrogen and oxygen atoms in total. The highest BCUT2D eigenvalue weighted by atomic mass is 15.0. The normalized spacial score (nSPS) is 10.8. The predicted molar refractivity (Wildman–Crippen MR) is 52.3 cm³/mol. The van der Waals surface area contributed by atoms with Crippen LogP contribution in [-0.4, -0.2) is 15.8 Å². The number of nitriles is 1. The number of aliphatic imine (C=N–C) groups is 1. The number of nitrogens with one attached hydrogen (secondary N) is 1. The Hall–Kier alpha value is -1.96. The smallest absolute Gasteiger partial charge is 0.182 e. The molecule has 1 aromatic rings. The summed E-state index contributed by atoms with van der Waals surface area (Å²) in [5.41, 5.74) is 1.67. The highest BCUT2D eigenvalue weighted by Gasteiger charge is 1.93. The monoisotopic (exact) mass is 189 g/mol. The minimum Gasteiger partial charge on any atom is -0.281 e. The first-order chi connectivity index (χ1) is 6.72. The summed E-state index contributed by atoms with van der Waals surface area (Å²) in [5, 5.41) is 10.7. The average molecular weight is 189 g/mol. The molecule has 5 heteroatoms. The second-order valence-electron chi connectivity index (χ2n) is 2.79. The van der Waals surface area contributed by atoms with Gasteiger partial charge in [-0.15, -0.1) is 0 Å². The first-order valence-electron chi connectivity index (χ1n) is 4.16. The van der Waals surface area contributed by atoms with E-state index in [1.807, 2.05) is 6.92 Å². The van der Waals surface area contributed by atoms with E-state index in [2.05, 4.69) is 20.3 Å². The molecule has 0 aromatic carbocycles. The Kier molecular flexibility index (Phi) is 3.56. The lowest BCUT2D eigenvalue weighted by molar-refractivity contribution is 0.938. The minimum absolute atomic E-state index is 0.438. The summed E-state index contributed by atoms with van der Waals surface area (Å²) in [5.74, 6) is 0.579. The molecule has 1 aromatic heterocycles. The second-order valence-corrected chi connectivity index (χ2v) is 2.79. The highest BCUT2D eigenvalue weighted by molar-refractivity contribution is 5.80. The van der Waals surface area contributed by atoms with E-state index in [1.54, 1.807) is 25.5 Å². The molecule has 0 radical (unpaired) electrons. The van der Waals surface area contributed by atoms with E-state index < -0.39 is 0 Å². The molecule has 1 N–H and O–H groups in total. The first-order valence-corrected chi connectivity index (χ1v) is 4.16. The van der Waals surface area contributed by atoms with Gasteiger partial charge in [-0.25, -0.2) is 0 Å². The molecule has 0 spiro atoms. The summed E-state index contributed by atoms with van der Waals surface area (Å²) in [4.78, 5) is 12.3. The molecule has 0 aliphatic carbocycles. The van der Waals surface area contributed by atoms with Crippen LogP contribution in [0.5, 0.6) is 0 Å². The topological polar surface area (TPSA) is 74.0 Å². The number of rotatable bonds is 2. The molecular formula is C9H11N5. The van der Waals surface area contributed by atoms with Crippen molar-refractivity contribution in [2.24, 2.45) is 4.99 Å². The van der Waals surface area contributed by atoms with Crippen LogP contribution in [0.1, 0.15) is 18.3 Å². The van der Waals surface area contributed by atoms with E-state index in [-0.39, 0.29) is 0 Å². The van der Waals surface area contributed by atoms with Gasteiger partial charge in [0.2, 0.25) is 0 Å². The van der Waals surface area contributed by atoms with E-state index in [1.165, 1.54) is 0 Å². The third-order valence-electron chi connectivity index (χ3n) is 1.55. The molecule has 0 bridgehead atoms. The fourth-order valence-corrected chi connectivity index (χ4v) is 0.821. The molecule has 0 fully saturated rings. The summed E-state index contributed by atoms with van der Waals surface area (Å²) in [6.45, 7) is 4.04. The second kappa shape index (κ2) is 4.92. The lowest BCUT2D eigenvalue weighted by atomic mass is 10.4. The molecule has 0 amide bonds. The van der Waals surface area contributed by atoms with Gasteiger partial charge in [-0.3, -0.25) is 20.3 Å². The van der Waals surface area contributed by atoms with Gasteiger partial charge in [0.05, 0.1) is 24.1 Å². The van der Waals surface area contributed by atoms with Crippen molar-refractivity contribution in [2.75, 3.05) is 0 Å². The van der Waals surface area contributed by atoms with Gasteiger partial charge in [0.1, 0.15) is 5.84 Å². The maximum absolute atomic E-state index is 8.30. The summed E-state index contributed by atoms with van der Waals surface area (Å²) in [6.07, 6.45) is 5.17. The van der Waals surface area contributed by atoms with Crippen LogP contribution in [-0.2, 0) is 6.54 Å². The summed E-state index contributed by atoms with van der Waals surface area (Å²) >= 11 is 0. The Morgan fingerprint density at radius 2 is 2.36 bits per heavy atom. The first kappa shape index (κ1) is 10.1. The van der Waals surface area contributed by atoms with Crippen LogP contribution in [0, 0.1) is 18.4 Å². The van der Waals surface area contributed by atoms with Crippen molar-refractivity contribution in [3.8, 4) is 6.19 Å². The Morgan fingerprint density at radius 3 is 2.93 bits per heavy atom. The maximum atomic E-state index is 8.30. The fourth-order valence-electron chi connectivity index (χ4n) is 0.821. The summed E-state index contributed by atoms with van der Waals surface area (Å²) < 4.78 is 0. The van der Waals surface area contributed by atoms with Crippen molar-refractivity contribution in [3.05, 3.63) is 23.8 Å². The molecule has 14 heavy (non-hydrogen) atoms. The number of hydrogen-bond acceptors (Lipinski definition) is 4. The fraction of sp³-hybridized carbons (Fsp3) is 0.333. The molecule has 0 saturated heterocycles. The summed E-state index contributed by atoms with van der Waals surface area (Å²) in [7, 11) is 0. The lowest BCUT2D eigenvalue weighted by Gasteiger charge is -1.97. The van der Waals surface area contributed by atoms with Crippen LogP contribution in [0.4, 0.5) is 0 Å². The standard InChI is InChI=1S/C9H11N5/c1-7-3-13-9(4-11-7)5-12-8(2)14-6-10/h3-4H,5H2,1-2H3,(H,12,14). The van der Waals surface area contributed by atoms with Gasteiger partial charge in [0, 0.05) is 6.20 Å². The lowest BCUT2D eigenvalue weighted by Crippen LogP contribution is -2.13. The summed E-state index contributed by atoms with van der Waals surface area (Å²) in [6, 6.07) is 0. The van der Waals surface area contributed by atoms with Crippen molar-refractivity contribution in [3.63, 3.8) is 0 Å². The zero-order valence-electron chi connectivity index (χ0n) is 8.15. The van der Waals surface area contributed by atoms with Gasteiger partial charge in [-0.05, 0) is 13.8 Å². The van der Waals surface area contributed by atoms with E-state index >= 15 is 0 Å². The number of hydrogen-bond donors (Lipinski definition) is 1. The number of aryl methyl sites for hydroxylation is 1. The van der Waals surface area contributed by atoms with E-state index in [0.717, 1.165) is 11.4 Å². The van der Waals surface area contributed by atoms with Gasteiger partial charge in [0.15, 0.2) is 6.19 Å². The quantitative estimate of drug-likeness (QED) is 0.323. The van der Waals surface area contributed by atoms with Crippen molar-refractivity contribution >= 4 is 5.84 Å². The largest absolute Gasteiger partial charge is 0.281 e. The van der Waals surface area contributed by atoms with E-state index in [9.17, 15) is 0 Å². The maximum Gasteiger partial charge on any atom is 0.182 e. The molecule has 1 heterocycles. The molecular weight excluding hydrogens is 178 g/mol. The van der Waals surface area contributed by atoms with Crippen LogP contribution in [0.3, 0.4) is 0 Å². The third kappa shape index (κ3) is 3.19. The van der Waals surface area contributed by atoms with Crippen LogP contribution in [0.25, 0.3) is 0 Å². The molecule has 0 saturated carbocycles. The van der Waals surface area contributed by atoms with Crippen LogP contribution < -0.4 is 5.32 Å². The van der Waals surface area contributed by atoms with E-state index in [4.69, 9.17) is 5.26 Å². The van der Waals surface area contributed by atoms with Crippen molar-refractivity contribution in [1.29, 1.82) is 5.26 Å². The molecule has 0 aliphatic heterocycles. The van der Waals surface area contributed by atoms with Gasteiger partial charge in [0.25, 0.3) is 0 Å². The Balaban J connectivity index is 2.58. The number of nitrogens with zero attached hydrogens (tertiary/aromatic N) is 4. The van der Waals surface area contributed by atoms with Crippen molar-refractivity contribution in [2.45, 2.75) is 20.4 Å². The molecule has 0 unspecified atom stereocenters. The zero-order chi connectivity index (χ0) is 10.4. The van der Waals surface area contributed by atoms with Crippen LogP contribution in [0.15, 0.2) is 17.4 Å². The van der Waals surface area contributed by atoms with Crippen LogP contribution >= 0.6 is 0 Å². The van der Waals surface area contributed by atoms with Gasteiger partial charge < -0.3 is 0 Å². The predicted octanol–water partition coefficient (Wildman–Crippen LogP) is 0.774. The Labute approximate surface area is 82.5 Å². The average Bonchev–Trinajstić information content (AvgIpc) is 2.17. The SMILES string of the molecule is CC(=NCc1cnc(C)cn1)NC#N. The van der Waals surface area contributed by atoms with Gasteiger partial charge in [-0.1, -0.05) is 0 Å². The number of amidine groups is 1. The molecule has 0 atom stereocenters. The van der Waals surface area contributed by atoms with Crippen molar-refractivity contribution < 1.29 is 0 Å². The van der Waals surface area contributed by atoms with Gasteiger partial charge in [-0.2, -0.15) is 5.26 Å². The van der Waals surface area contributed by atoms with Crippen LogP contribution in [0.2, 0.25) is 0 Å². The zero-order valence-corrected chi connectivity index (χ0v) is 8.15. The Bertz CT molecular complexity index is 360. The Morgan fingerprint density at radius 1 is 1.57 bits per heavy atom. The van der Waals surface area contributed by atoms with E-state index in [0.29, 0.717) is 12.4 Å². The highest BCUT2D eigenvalue weighted by Crippen LogP contribution is 1.95. The molecule has 0 aliphatic rings.